The van der Waals surface area contributed by atoms with E-state index in [2.05, 4.69) is 10.6 Å². The molecule has 0 bridgehead atoms. The van der Waals surface area contributed by atoms with Crippen LogP contribution in [0.15, 0.2) is 30.3 Å². The number of benzene rings is 1. The third-order valence-electron chi connectivity index (χ3n) is 7.30. The van der Waals surface area contributed by atoms with Crippen molar-refractivity contribution in [3.05, 3.63) is 41.5 Å². The van der Waals surface area contributed by atoms with E-state index in [1.807, 2.05) is 42.2 Å². The molecule has 5 amide bonds. The van der Waals surface area contributed by atoms with Gasteiger partial charge in [0.05, 0.1) is 5.56 Å². The number of anilines is 1. The molecule has 3 fully saturated rings. The second kappa shape index (κ2) is 9.45. The van der Waals surface area contributed by atoms with Crippen LogP contribution in [0.25, 0.3) is 10.4 Å². The number of nitrogens with zero attached hydrogens (tertiary/aromatic N) is 2. The van der Waals surface area contributed by atoms with Gasteiger partial charge in [-0.25, -0.2) is 4.79 Å². The molecule has 2 aliphatic heterocycles. The molecule has 1 aromatic carbocycles. The van der Waals surface area contributed by atoms with E-state index in [4.69, 9.17) is 0 Å². The molecule has 0 atom stereocenters. The van der Waals surface area contributed by atoms with Crippen molar-refractivity contribution in [2.24, 2.45) is 0 Å². The van der Waals surface area contributed by atoms with Crippen LogP contribution in [0.5, 0.6) is 0 Å². The number of likely N-dealkylation sites (tertiary alicyclic amines) is 1. The molecule has 1 saturated carbocycles. The van der Waals surface area contributed by atoms with E-state index in [0.29, 0.717) is 36.5 Å². The molecular weight excluding hydrogens is 464 g/mol. The summed E-state index contributed by atoms with van der Waals surface area (Å²) in [6.45, 7) is 2.94. The molecule has 2 N–H and O–H groups in total. The fraction of sp³-hybridized carbons (Fsp3) is 0.462. The predicted octanol–water partition coefficient (Wildman–Crippen LogP) is 4.15. The Labute approximate surface area is 208 Å². The molecule has 2 saturated heterocycles. The van der Waals surface area contributed by atoms with Gasteiger partial charge in [0.25, 0.3) is 11.8 Å². The van der Waals surface area contributed by atoms with Gasteiger partial charge in [-0.1, -0.05) is 43.2 Å². The number of nitrogens with one attached hydrogen (secondary N) is 2. The lowest BCUT2D eigenvalue weighted by atomic mass is 9.98. The number of piperidine rings is 1. The van der Waals surface area contributed by atoms with Gasteiger partial charge in [0, 0.05) is 18.0 Å². The number of thiophene rings is 1. The van der Waals surface area contributed by atoms with Crippen molar-refractivity contribution in [3.8, 4) is 10.4 Å². The van der Waals surface area contributed by atoms with E-state index in [-0.39, 0.29) is 18.4 Å². The smallest absolute Gasteiger partial charge is 0.325 e. The Hall–Kier alpha value is -3.20. The van der Waals surface area contributed by atoms with Crippen molar-refractivity contribution in [1.82, 2.24) is 15.1 Å². The Balaban J connectivity index is 1.41. The number of imide groups is 1. The minimum absolute atomic E-state index is 0.0872. The van der Waals surface area contributed by atoms with Gasteiger partial charge in [0.15, 0.2) is 0 Å². The topological polar surface area (TPSA) is 98.8 Å². The van der Waals surface area contributed by atoms with E-state index in [1.165, 1.54) is 11.3 Å². The number of hydrogen-bond acceptors (Lipinski definition) is 5. The number of urea groups is 1. The number of carbonyl (C=O) groups excluding carboxylic acids is 4. The first kappa shape index (κ1) is 23.5. The first-order valence-electron chi connectivity index (χ1n) is 12.3. The zero-order chi connectivity index (χ0) is 24.6. The van der Waals surface area contributed by atoms with Crippen LogP contribution in [0.3, 0.4) is 0 Å². The fourth-order valence-corrected chi connectivity index (χ4v) is 6.65. The largest absolute Gasteiger partial charge is 0.339 e. The van der Waals surface area contributed by atoms with E-state index in [9.17, 15) is 19.2 Å². The van der Waals surface area contributed by atoms with Crippen molar-refractivity contribution < 1.29 is 19.2 Å². The Morgan fingerprint density at radius 2 is 1.71 bits per heavy atom. The molecule has 0 radical (unpaired) electrons. The van der Waals surface area contributed by atoms with Crippen LogP contribution in [0.1, 0.15) is 60.9 Å². The average molecular weight is 495 g/mol. The van der Waals surface area contributed by atoms with Gasteiger partial charge in [-0.05, 0) is 50.2 Å². The number of carbonyl (C=O) groups is 4. The molecule has 0 unspecified atom stereocenters. The van der Waals surface area contributed by atoms with Gasteiger partial charge in [-0.15, -0.1) is 11.3 Å². The zero-order valence-corrected chi connectivity index (χ0v) is 20.7. The highest BCUT2D eigenvalue weighted by atomic mass is 32.1. The summed E-state index contributed by atoms with van der Waals surface area (Å²) in [6.07, 6.45) is 6.02. The molecule has 35 heavy (non-hydrogen) atoms. The summed E-state index contributed by atoms with van der Waals surface area (Å²) in [7, 11) is 0. The van der Waals surface area contributed by atoms with Crippen LogP contribution in [0.4, 0.5) is 9.80 Å². The normalized spacial score (nSPS) is 19.3. The summed E-state index contributed by atoms with van der Waals surface area (Å²) in [6, 6.07) is 9.25. The third kappa shape index (κ3) is 4.33. The van der Waals surface area contributed by atoms with Crippen molar-refractivity contribution in [1.29, 1.82) is 0 Å². The second-order valence-electron chi connectivity index (χ2n) is 9.64. The van der Waals surface area contributed by atoms with E-state index >= 15 is 0 Å². The maximum atomic E-state index is 13.5. The average Bonchev–Trinajstić information content (AvgIpc) is 3.53. The Morgan fingerprint density at radius 3 is 2.40 bits per heavy atom. The van der Waals surface area contributed by atoms with Gasteiger partial charge < -0.3 is 15.5 Å². The van der Waals surface area contributed by atoms with Gasteiger partial charge in [0.2, 0.25) is 5.91 Å². The van der Waals surface area contributed by atoms with Crippen LogP contribution >= 0.6 is 11.3 Å². The van der Waals surface area contributed by atoms with E-state index in [0.717, 1.165) is 53.0 Å². The third-order valence-corrected chi connectivity index (χ3v) is 8.55. The molecule has 2 aromatic rings. The molecule has 3 aliphatic rings. The second-order valence-corrected chi connectivity index (χ2v) is 10.7. The quantitative estimate of drug-likeness (QED) is 0.610. The highest BCUT2D eigenvalue weighted by molar-refractivity contribution is 7.20. The first-order chi connectivity index (χ1) is 16.9. The highest BCUT2D eigenvalue weighted by Gasteiger charge is 2.52. The summed E-state index contributed by atoms with van der Waals surface area (Å²) in [5.74, 6) is -0.903. The summed E-state index contributed by atoms with van der Waals surface area (Å²) in [5, 5.41) is 6.13. The van der Waals surface area contributed by atoms with E-state index in [1.54, 1.807) is 0 Å². The Morgan fingerprint density at radius 1 is 1.03 bits per heavy atom. The minimum atomic E-state index is -0.854. The molecule has 1 aromatic heterocycles. The summed E-state index contributed by atoms with van der Waals surface area (Å²) >= 11 is 1.35. The van der Waals surface area contributed by atoms with Crippen LogP contribution in [0.2, 0.25) is 0 Å². The van der Waals surface area contributed by atoms with Gasteiger partial charge >= 0.3 is 6.03 Å². The molecule has 3 heterocycles. The minimum Gasteiger partial charge on any atom is -0.339 e. The molecule has 184 valence electrons. The number of hydrogen-bond donors (Lipinski definition) is 2. The Kier molecular flexibility index (Phi) is 6.35. The maximum absolute atomic E-state index is 13.5. The van der Waals surface area contributed by atoms with Gasteiger partial charge in [0.1, 0.15) is 17.1 Å². The van der Waals surface area contributed by atoms with Gasteiger partial charge in [-0.2, -0.15) is 0 Å². The lowest BCUT2D eigenvalue weighted by Gasteiger charge is -2.27. The van der Waals surface area contributed by atoms with Crippen molar-refractivity contribution in [3.63, 3.8) is 0 Å². The predicted molar refractivity (Wildman–Crippen MR) is 134 cm³/mol. The zero-order valence-electron chi connectivity index (χ0n) is 19.9. The van der Waals surface area contributed by atoms with Crippen LogP contribution in [0, 0.1) is 6.92 Å². The summed E-state index contributed by atoms with van der Waals surface area (Å²) < 4.78 is 0. The molecule has 5 rings (SSSR count). The summed E-state index contributed by atoms with van der Waals surface area (Å²) in [4.78, 5) is 55.9. The maximum Gasteiger partial charge on any atom is 0.325 e. The molecular formula is C26H30N4O4S. The fourth-order valence-electron chi connectivity index (χ4n) is 5.43. The molecule has 9 heteroatoms. The van der Waals surface area contributed by atoms with Crippen molar-refractivity contribution in [2.75, 3.05) is 25.0 Å². The van der Waals surface area contributed by atoms with Crippen LogP contribution < -0.4 is 10.6 Å². The van der Waals surface area contributed by atoms with Crippen LogP contribution in [-0.4, -0.2) is 58.7 Å². The lowest BCUT2D eigenvalue weighted by molar-refractivity contribution is -0.133. The molecule has 1 aliphatic carbocycles. The number of rotatable bonds is 5. The van der Waals surface area contributed by atoms with Gasteiger partial charge in [-0.3, -0.25) is 19.3 Å². The molecule has 1 spiro atoms. The van der Waals surface area contributed by atoms with Crippen molar-refractivity contribution >= 4 is 40.1 Å². The summed E-state index contributed by atoms with van der Waals surface area (Å²) in [5.41, 5.74) is 1.44. The number of amides is 5. The monoisotopic (exact) mass is 494 g/mol. The lowest BCUT2D eigenvalue weighted by Crippen LogP contribution is -2.44. The Bertz CT molecular complexity index is 1160. The molecule has 8 nitrogen and oxygen atoms in total. The van der Waals surface area contributed by atoms with Crippen LogP contribution in [-0.2, 0) is 9.59 Å². The highest BCUT2D eigenvalue weighted by Crippen LogP contribution is 2.41. The standard InChI is InChI=1S/C26H30N4O4S/c1-17-20(23(32)29-14-8-3-9-15-29)22(35-21(17)18-10-4-2-5-11-18)27-19(31)16-30-24(33)26(28-25(30)34)12-6-7-13-26/h2,4-5,10-11H,3,6-9,12-16H2,1H3,(H,27,31)(H,28,34). The SMILES string of the molecule is Cc1c(-c2ccccc2)sc(NC(=O)CN2C(=O)NC3(CCCC3)C2=O)c1C(=O)N1CCCCC1. The first-order valence-corrected chi connectivity index (χ1v) is 13.1. The van der Waals surface area contributed by atoms with Crippen molar-refractivity contribution in [2.45, 2.75) is 57.4 Å². The van der Waals surface area contributed by atoms with E-state index < -0.39 is 17.5 Å².